The minimum absolute atomic E-state index is 0.00266. The van der Waals surface area contributed by atoms with Crippen LogP contribution in [0.5, 0.6) is 11.5 Å². The fraction of sp³-hybridized carbons (Fsp3) is 0.391. The summed E-state index contributed by atoms with van der Waals surface area (Å²) in [7, 11) is 3.25. The molecule has 2 heterocycles. The van der Waals surface area contributed by atoms with Gasteiger partial charge in [-0.05, 0) is 36.4 Å². The van der Waals surface area contributed by atoms with Gasteiger partial charge in [0.2, 0.25) is 5.91 Å². The van der Waals surface area contributed by atoms with Crippen LogP contribution in [0, 0.1) is 0 Å². The third kappa shape index (κ3) is 4.68. The van der Waals surface area contributed by atoms with Crippen LogP contribution in [0.25, 0.3) is 0 Å². The lowest BCUT2D eigenvalue weighted by molar-refractivity contribution is -0.117. The predicted molar refractivity (Wildman–Crippen MR) is 119 cm³/mol. The van der Waals surface area contributed by atoms with Crippen molar-refractivity contribution in [2.75, 3.05) is 56.7 Å². The van der Waals surface area contributed by atoms with Crippen molar-refractivity contribution < 1.29 is 19.1 Å². The molecule has 4 rings (SSSR count). The summed E-state index contributed by atoms with van der Waals surface area (Å²) in [5, 5.41) is 3.04. The van der Waals surface area contributed by atoms with E-state index in [2.05, 4.69) is 10.2 Å². The van der Waals surface area contributed by atoms with Gasteiger partial charge in [-0.3, -0.25) is 4.79 Å². The second-order valence-electron chi connectivity index (χ2n) is 7.73. The largest absolute Gasteiger partial charge is 0.497 e. The molecule has 2 aliphatic rings. The zero-order chi connectivity index (χ0) is 21.8. The highest BCUT2D eigenvalue weighted by atomic mass is 16.5. The minimum atomic E-state index is -0.203. The number of nitrogens with zero attached hydrogens (tertiary/aromatic N) is 3. The number of carbonyl (C=O) groups is 2. The first-order valence-electron chi connectivity index (χ1n) is 10.5. The zero-order valence-electron chi connectivity index (χ0n) is 17.9. The molecule has 2 saturated heterocycles. The quantitative estimate of drug-likeness (QED) is 0.798. The van der Waals surface area contributed by atoms with Gasteiger partial charge in [0, 0.05) is 56.6 Å². The van der Waals surface area contributed by atoms with Crippen molar-refractivity contribution in [1.29, 1.82) is 0 Å². The zero-order valence-corrected chi connectivity index (χ0v) is 17.9. The molecule has 2 aromatic carbocycles. The number of urea groups is 1. The van der Waals surface area contributed by atoms with Gasteiger partial charge in [0.1, 0.15) is 11.5 Å². The van der Waals surface area contributed by atoms with E-state index in [4.69, 9.17) is 9.47 Å². The summed E-state index contributed by atoms with van der Waals surface area (Å²) in [6.07, 6.45) is 0.300. The van der Waals surface area contributed by atoms with Crippen molar-refractivity contribution in [3.63, 3.8) is 0 Å². The van der Waals surface area contributed by atoms with Crippen LogP contribution in [-0.2, 0) is 4.79 Å². The molecular weight excluding hydrogens is 396 g/mol. The molecular formula is C23H28N4O4. The van der Waals surface area contributed by atoms with Crippen molar-refractivity contribution in [2.24, 2.45) is 0 Å². The Bertz CT molecular complexity index is 925. The molecule has 0 radical (unpaired) electrons. The number of hydrogen-bond donors (Lipinski definition) is 1. The second kappa shape index (κ2) is 9.16. The van der Waals surface area contributed by atoms with Crippen molar-refractivity contribution >= 4 is 23.3 Å². The summed E-state index contributed by atoms with van der Waals surface area (Å²) in [5.74, 6) is 1.53. The van der Waals surface area contributed by atoms with E-state index in [0.29, 0.717) is 31.8 Å². The standard InChI is InChI=1S/C23H28N4O4/c1-30-20-8-6-18(7-9-20)25-10-12-26(13-11-25)23(29)24-17-14-22(28)27(16-17)19-4-3-5-21(15-19)31-2/h3-9,15,17H,10-14,16H2,1-2H3,(H,24,29)/t17-/m1/s1. The number of piperazine rings is 1. The average Bonchev–Trinajstić information content (AvgIpc) is 3.19. The Labute approximate surface area is 182 Å². The van der Waals surface area contributed by atoms with Crippen LogP contribution in [0.4, 0.5) is 16.2 Å². The molecule has 0 saturated carbocycles. The smallest absolute Gasteiger partial charge is 0.317 e. The second-order valence-corrected chi connectivity index (χ2v) is 7.73. The van der Waals surface area contributed by atoms with E-state index in [9.17, 15) is 9.59 Å². The first kappa shape index (κ1) is 20.8. The number of methoxy groups -OCH3 is 2. The number of nitrogens with one attached hydrogen (secondary N) is 1. The molecule has 0 aliphatic carbocycles. The van der Waals surface area contributed by atoms with E-state index in [1.165, 1.54) is 0 Å². The molecule has 164 valence electrons. The Hall–Kier alpha value is -3.42. The topological polar surface area (TPSA) is 74.4 Å². The van der Waals surface area contributed by atoms with Crippen molar-refractivity contribution in [3.8, 4) is 11.5 Å². The van der Waals surface area contributed by atoms with Crippen LogP contribution in [0.2, 0.25) is 0 Å². The van der Waals surface area contributed by atoms with Gasteiger partial charge in [-0.1, -0.05) is 6.07 Å². The third-order valence-electron chi connectivity index (χ3n) is 5.82. The van der Waals surface area contributed by atoms with Crippen molar-refractivity contribution in [2.45, 2.75) is 12.5 Å². The first-order chi connectivity index (χ1) is 15.1. The first-order valence-corrected chi connectivity index (χ1v) is 10.5. The summed E-state index contributed by atoms with van der Waals surface area (Å²) in [4.78, 5) is 31.0. The minimum Gasteiger partial charge on any atom is -0.497 e. The fourth-order valence-electron chi connectivity index (χ4n) is 4.06. The highest BCUT2D eigenvalue weighted by Crippen LogP contribution is 2.26. The maximum absolute atomic E-state index is 12.8. The molecule has 31 heavy (non-hydrogen) atoms. The van der Waals surface area contributed by atoms with E-state index in [1.54, 1.807) is 19.1 Å². The van der Waals surface area contributed by atoms with E-state index in [0.717, 1.165) is 30.2 Å². The van der Waals surface area contributed by atoms with Gasteiger partial charge in [0.05, 0.1) is 20.3 Å². The maximum Gasteiger partial charge on any atom is 0.317 e. The van der Waals surface area contributed by atoms with E-state index >= 15 is 0 Å². The number of carbonyl (C=O) groups excluding carboxylic acids is 2. The number of hydrogen-bond acceptors (Lipinski definition) is 5. The van der Waals surface area contributed by atoms with Gasteiger partial charge in [-0.25, -0.2) is 4.79 Å². The Morgan fingerprint density at radius 1 is 0.935 bits per heavy atom. The van der Waals surface area contributed by atoms with Gasteiger partial charge in [0.25, 0.3) is 0 Å². The summed E-state index contributed by atoms with van der Waals surface area (Å²) in [6, 6.07) is 15.1. The van der Waals surface area contributed by atoms with Gasteiger partial charge >= 0.3 is 6.03 Å². The lowest BCUT2D eigenvalue weighted by Crippen LogP contribution is -2.53. The van der Waals surface area contributed by atoms with Crippen LogP contribution in [0.1, 0.15) is 6.42 Å². The highest BCUT2D eigenvalue weighted by Gasteiger charge is 2.33. The molecule has 3 amide bonds. The summed E-state index contributed by atoms with van der Waals surface area (Å²) < 4.78 is 10.5. The van der Waals surface area contributed by atoms with Crippen LogP contribution >= 0.6 is 0 Å². The molecule has 8 heteroatoms. The molecule has 2 fully saturated rings. The van der Waals surface area contributed by atoms with Gasteiger partial charge < -0.3 is 29.5 Å². The maximum atomic E-state index is 12.8. The number of amides is 3. The Kier molecular flexibility index (Phi) is 6.16. The van der Waals surface area contributed by atoms with Crippen molar-refractivity contribution in [3.05, 3.63) is 48.5 Å². The fourth-order valence-corrected chi connectivity index (χ4v) is 4.06. The predicted octanol–water partition coefficient (Wildman–Crippen LogP) is 2.34. The molecule has 8 nitrogen and oxygen atoms in total. The SMILES string of the molecule is COc1ccc(N2CCN(C(=O)N[C@@H]3CC(=O)N(c4cccc(OC)c4)C3)CC2)cc1. The van der Waals surface area contributed by atoms with Crippen LogP contribution in [-0.4, -0.2) is 69.8 Å². The monoisotopic (exact) mass is 424 g/mol. The molecule has 0 spiro atoms. The number of anilines is 2. The summed E-state index contributed by atoms with van der Waals surface area (Å²) >= 11 is 0. The van der Waals surface area contributed by atoms with E-state index in [1.807, 2.05) is 53.4 Å². The Balaban J connectivity index is 1.29. The lowest BCUT2D eigenvalue weighted by Gasteiger charge is -2.36. The number of rotatable bonds is 5. The number of ether oxygens (including phenoxy) is 2. The normalized spacial score (nSPS) is 18.8. The molecule has 0 aromatic heterocycles. The van der Waals surface area contributed by atoms with E-state index in [-0.39, 0.29) is 18.0 Å². The average molecular weight is 425 g/mol. The molecule has 1 atom stereocenters. The third-order valence-corrected chi connectivity index (χ3v) is 5.82. The van der Waals surface area contributed by atoms with Crippen LogP contribution < -0.4 is 24.6 Å². The Morgan fingerprint density at radius 3 is 2.32 bits per heavy atom. The number of benzene rings is 2. The van der Waals surface area contributed by atoms with Gasteiger partial charge in [-0.2, -0.15) is 0 Å². The molecule has 2 aromatic rings. The van der Waals surface area contributed by atoms with E-state index < -0.39 is 0 Å². The Morgan fingerprint density at radius 2 is 1.65 bits per heavy atom. The lowest BCUT2D eigenvalue weighted by atomic mass is 10.2. The van der Waals surface area contributed by atoms with Gasteiger partial charge in [0.15, 0.2) is 0 Å². The summed E-state index contributed by atoms with van der Waals surface area (Å²) in [5.41, 5.74) is 1.91. The highest BCUT2D eigenvalue weighted by molar-refractivity contribution is 5.97. The molecule has 0 bridgehead atoms. The van der Waals surface area contributed by atoms with Gasteiger partial charge in [-0.15, -0.1) is 0 Å². The van der Waals surface area contributed by atoms with Crippen LogP contribution in [0.15, 0.2) is 48.5 Å². The molecule has 0 unspecified atom stereocenters. The van der Waals surface area contributed by atoms with Crippen molar-refractivity contribution in [1.82, 2.24) is 10.2 Å². The molecule has 1 N–H and O–H groups in total. The summed E-state index contributed by atoms with van der Waals surface area (Å²) in [6.45, 7) is 3.26. The van der Waals surface area contributed by atoms with Crippen LogP contribution in [0.3, 0.4) is 0 Å². The molecule has 2 aliphatic heterocycles.